The van der Waals surface area contributed by atoms with E-state index in [2.05, 4.69) is 52.3 Å². The molecule has 0 bridgehead atoms. The van der Waals surface area contributed by atoms with Gasteiger partial charge in [0.15, 0.2) is 6.04 Å². The molecule has 5 rings (SSSR count). The van der Waals surface area contributed by atoms with E-state index in [-0.39, 0.29) is 49.7 Å². The number of hydrogen-bond donors (Lipinski definition) is 7. The van der Waals surface area contributed by atoms with Crippen molar-refractivity contribution >= 4 is 47.4 Å². The average Bonchev–Trinajstić information content (AvgIpc) is 1.09. The number of aliphatic hydroxyl groups is 1. The van der Waals surface area contributed by atoms with Gasteiger partial charge in [0.1, 0.15) is 12.6 Å². The molecule has 2 aliphatic heterocycles. The van der Waals surface area contributed by atoms with E-state index < -0.39 is 18.1 Å². The molecule has 5 heterocycles. The number of nitrogens with two attached hydrogens (primary N) is 2. The minimum atomic E-state index is -0.961. The number of carbonyl (C=O) groups excluding carboxylic acids is 4. The smallest absolute Gasteiger partial charge is 0.303 e. The van der Waals surface area contributed by atoms with Gasteiger partial charge in [-0.05, 0) is 83.7 Å². The van der Waals surface area contributed by atoms with E-state index in [1.807, 2.05) is 9.80 Å². The molecule has 9 N–H and O–H groups in total. The lowest BCUT2D eigenvalue weighted by molar-refractivity contribution is -0.137. The highest BCUT2D eigenvalue weighted by Gasteiger charge is 2.28. The second-order valence-electron chi connectivity index (χ2n) is 23.9. The Labute approximate surface area is 545 Å². The Balaban J connectivity index is 0.949. The molecule has 28 heteroatoms. The van der Waals surface area contributed by atoms with Gasteiger partial charge in [-0.25, -0.2) is 9.36 Å². The second-order valence-corrected chi connectivity index (χ2v) is 23.9. The summed E-state index contributed by atoms with van der Waals surface area (Å²) in [6.07, 6.45) is 33.0. The maximum atomic E-state index is 13.4. The van der Waals surface area contributed by atoms with E-state index in [1.54, 1.807) is 12.4 Å². The number of nitrogens with zero attached hydrogens (tertiary/aromatic N) is 13. The molecule has 28 nitrogen and oxygen atoms in total. The summed E-state index contributed by atoms with van der Waals surface area (Å²) in [7, 11) is 0. The lowest BCUT2D eigenvalue weighted by atomic mass is 10.1. The van der Waals surface area contributed by atoms with Gasteiger partial charge in [-0.3, -0.25) is 24.0 Å². The maximum Gasteiger partial charge on any atom is 0.303 e. The Kier molecular flexibility index (Phi) is 39.1. The normalized spacial score (nSPS) is 14.1. The molecule has 4 amide bonds. The molecule has 92 heavy (non-hydrogen) atoms. The summed E-state index contributed by atoms with van der Waals surface area (Å²) in [5.41, 5.74) is 12.8. The van der Waals surface area contributed by atoms with Gasteiger partial charge in [-0.15, -0.1) is 16.6 Å². The van der Waals surface area contributed by atoms with Crippen molar-refractivity contribution in [3.63, 3.8) is 0 Å². The molecular formula is C64H110N18O10. The standard InChI is InChI=1S/C64H110N18O10/c1-2-44-90-46-48-92-49-47-91-45-35-69-62-70-63(79-40-36-77(37-41-79)57(84)27-19-11-7-3-5-9-13-23-33-67-60(88)55(29-30-59(86)87)81-50-53(73-75-81)25-17-15-21-31-65)72-64(71-62)80-42-38-78(39-43-80)58(85)28-20-12-8-4-6-10-14-24-34-68-61(89)56(52-83)82-51-54(74-76-82)26-18-16-22-32-66/h1,50-51,55-56,83H,3-49,52,65-66H2,(H,67,88)(H,68,89)(H,86,87)(H,69,70,71,72)/t55-,56+/m1/s1. The number of hydrogen-bond acceptors (Lipinski definition) is 21. The van der Waals surface area contributed by atoms with Crippen LogP contribution < -0.4 is 37.2 Å². The summed E-state index contributed by atoms with van der Waals surface area (Å²) >= 11 is 0. The van der Waals surface area contributed by atoms with Crippen molar-refractivity contribution in [1.82, 2.24) is 65.4 Å². The number of aromatic nitrogens is 9. The molecule has 0 spiro atoms. The van der Waals surface area contributed by atoms with E-state index in [1.165, 1.54) is 9.36 Å². The Morgan fingerprint density at radius 3 is 1.40 bits per heavy atom. The van der Waals surface area contributed by atoms with Crippen LogP contribution in [0.3, 0.4) is 0 Å². The van der Waals surface area contributed by atoms with E-state index in [4.69, 9.17) is 47.1 Å². The quantitative estimate of drug-likeness (QED) is 0.0304. The number of piperazine rings is 2. The molecule has 3 aromatic rings. The number of anilines is 3. The molecule has 2 fully saturated rings. The number of aliphatic hydroxyl groups excluding tert-OH is 1. The average molecular weight is 1290 g/mol. The maximum absolute atomic E-state index is 13.4. The summed E-state index contributed by atoms with van der Waals surface area (Å²) < 4.78 is 19.5. The predicted octanol–water partition coefficient (Wildman–Crippen LogP) is 4.38. The van der Waals surface area contributed by atoms with Crippen molar-refractivity contribution in [2.75, 3.05) is 146 Å². The third kappa shape index (κ3) is 30.9. The van der Waals surface area contributed by atoms with Gasteiger partial charge in [0.2, 0.25) is 41.5 Å². The fourth-order valence-electron chi connectivity index (χ4n) is 11.1. The lowest BCUT2D eigenvalue weighted by Gasteiger charge is -2.36. The minimum absolute atomic E-state index is 0.138. The van der Waals surface area contributed by atoms with Crippen LogP contribution in [0.1, 0.15) is 190 Å². The zero-order valence-corrected chi connectivity index (χ0v) is 55.0. The van der Waals surface area contributed by atoms with Crippen LogP contribution in [0.25, 0.3) is 0 Å². The van der Waals surface area contributed by atoms with Crippen LogP contribution in [0.4, 0.5) is 17.8 Å². The number of rotatable bonds is 53. The zero-order valence-electron chi connectivity index (χ0n) is 55.0. The number of aliphatic carboxylic acids is 1. The van der Waals surface area contributed by atoms with E-state index in [0.717, 1.165) is 165 Å². The Bertz CT molecular complexity index is 2550. The van der Waals surface area contributed by atoms with E-state index in [9.17, 15) is 34.2 Å². The van der Waals surface area contributed by atoms with Gasteiger partial charge in [0.05, 0.1) is 51.0 Å². The van der Waals surface area contributed by atoms with Gasteiger partial charge >= 0.3 is 5.97 Å². The molecule has 0 aromatic carbocycles. The topological polar surface area (TPSA) is 355 Å². The number of carboxylic acids is 1. The van der Waals surface area contributed by atoms with Gasteiger partial charge in [0.25, 0.3) is 0 Å². The number of carboxylic acid groups (broad SMARTS) is 1. The molecule has 0 unspecified atom stereocenters. The Hall–Kier alpha value is -6.64. The molecule has 2 atom stereocenters. The van der Waals surface area contributed by atoms with Crippen molar-refractivity contribution in [3.05, 3.63) is 23.8 Å². The van der Waals surface area contributed by atoms with Crippen LogP contribution in [0, 0.1) is 12.3 Å². The lowest BCUT2D eigenvalue weighted by Crippen LogP contribution is -2.50. The third-order valence-corrected chi connectivity index (χ3v) is 16.6. The Morgan fingerprint density at radius 2 is 0.946 bits per heavy atom. The largest absolute Gasteiger partial charge is 0.481 e. The van der Waals surface area contributed by atoms with Crippen molar-refractivity contribution < 1.29 is 48.4 Å². The van der Waals surface area contributed by atoms with Crippen molar-refractivity contribution in [2.24, 2.45) is 11.5 Å². The van der Waals surface area contributed by atoms with Crippen LogP contribution in [0.15, 0.2) is 12.4 Å². The SMILES string of the molecule is C#CCOCCOCCOCCNc1nc(N2CCN(C(=O)CCCCCCCCCCNC(=O)[C@@H](CCC(=O)O)n3cc(CCCCCN)nn3)CC2)nc(N2CCN(C(=O)CCCCCCCCCCNC(=O)[C@H](CO)n3cc(CCCCCN)nn3)CC2)n1. The van der Waals surface area contributed by atoms with Gasteiger partial charge in [0, 0.05) is 104 Å². The summed E-state index contributed by atoms with van der Waals surface area (Å²) in [6, 6.07) is -1.52. The van der Waals surface area contributed by atoms with E-state index >= 15 is 0 Å². The molecule has 0 saturated carbocycles. The number of carbonyl (C=O) groups is 5. The van der Waals surface area contributed by atoms with Gasteiger partial charge in [-0.2, -0.15) is 15.0 Å². The first-order chi connectivity index (χ1) is 45.0. The first-order valence-corrected chi connectivity index (χ1v) is 34.3. The van der Waals surface area contributed by atoms with Crippen LogP contribution in [-0.4, -0.2) is 226 Å². The minimum Gasteiger partial charge on any atom is -0.481 e. The van der Waals surface area contributed by atoms with E-state index in [0.29, 0.717) is 149 Å². The fourth-order valence-corrected chi connectivity index (χ4v) is 11.1. The monoisotopic (exact) mass is 1290 g/mol. The van der Waals surface area contributed by atoms with Crippen LogP contribution in [-0.2, 0) is 51.0 Å². The van der Waals surface area contributed by atoms with Crippen LogP contribution >= 0.6 is 0 Å². The number of ether oxygens (including phenoxy) is 3. The second kappa shape index (κ2) is 47.3. The molecule has 516 valence electrons. The first-order valence-electron chi connectivity index (χ1n) is 34.3. The fraction of sp³-hybridized carbons (Fsp3) is 0.781. The van der Waals surface area contributed by atoms with Crippen LogP contribution in [0.5, 0.6) is 0 Å². The van der Waals surface area contributed by atoms with Crippen molar-refractivity contribution in [1.29, 1.82) is 0 Å². The highest BCUT2D eigenvalue weighted by atomic mass is 16.5. The number of nitrogens with one attached hydrogen (secondary N) is 3. The summed E-state index contributed by atoms with van der Waals surface area (Å²) in [5.74, 6) is 2.81. The van der Waals surface area contributed by atoms with Crippen molar-refractivity contribution in [2.45, 2.75) is 192 Å². The molecular weight excluding hydrogens is 1180 g/mol. The molecule has 0 radical (unpaired) electrons. The van der Waals surface area contributed by atoms with Gasteiger partial charge < -0.3 is 71.4 Å². The predicted molar refractivity (Wildman–Crippen MR) is 352 cm³/mol. The summed E-state index contributed by atoms with van der Waals surface area (Å²) in [6.45, 7) is 9.47. The van der Waals surface area contributed by atoms with Crippen molar-refractivity contribution in [3.8, 4) is 12.3 Å². The number of unbranched alkanes of at least 4 members (excludes halogenated alkanes) is 18. The van der Waals surface area contributed by atoms with Gasteiger partial charge in [-0.1, -0.05) is 106 Å². The summed E-state index contributed by atoms with van der Waals surface area (Å²) in [5, 5.41) is 45.1. The highest BCUT2D eigenvalue weighted by molar-refractivity contribution is 5.81. The molecule has 0 aliphatic carbocycles. The third-order valence-electron chi connectivity index (χ3n) is 16.6. The number of amides is 4. The first kappa shape index (κ1) is 76.1. The molecule has 2 aliphatic rings. The number of aryl methyl sites for hydroxylation is 2. The van der Waals surface area contributed by atoms with Crippen LogP contribution in [0.2, 0.25) is 0 Å². The number of terminal acetylenes is 1. The molecule has 3 aromatic heterocycles. The molecule has 2 saturated heterocycles. The zero-order chi connectivity index (χ0) is 65.6. The Morgan fingerprint density at radius 1 is 0.522 bits per heavy atom. The summed E-state index contributed by atoms with van der Waals surface area (Å²) in [4.78, 5) is 86.7. The highest BCUT2D eigenvalue weighted by Crippen LogP contribution is 2.22.